The molecule has 3 N–H and O–H groups in total. The van der Waals surface area contributed by atoms with Crippen LogP contribution in [-0.2, 0) is 4.79 Å². The zero-order valence-corrected chi connectivity index (χ0v) is 11.8. The molecule has 0 aliphatic carbocycles. The van der Waals surface area contributed by atoms with Gasteiger partial charge in [-0.3, -0.25) is 14.9 Å². The summed E-state index contributed by atoms with van der Waals surface area (Å²) in [4.78, 5) is 37.4. The quantitative estimate of drug-likeness (QED) is 0.605. The summed E-state index contributed by atoms with van der Waals surface area (Å²) >= 11 is 0. The number of carbonyl (C=O) groups excluding carboxylic acids is 3. The maximum Gasteiger partial charge on any atom is 0.321 e. The Balaban J connectivity index is 1.77. The number of imide groups is 1. The fourth-order valence-corrected chi connectivity index (χ4v) is 2.22. The molecule has 0 spiro atoms. The second-order valence-electron chi connectivity index (χ2n) is 4.82. The van der Waals surface area contributed by atoms with Gasteiger partial charge in [-0.25, -0.2) is 4.79 Å². The lowest BCUT2D eigenvalue weighted by molar-refractivity contribution is -0.895. The molecular weight excluding hydrogens is 276 g/mol. The van der Waals surface area contributed by atoms with E-state index in [4.69, 9.17) is 4.42 Å². The summed E-state index contributed by atoms with van der Waals surface area (Å²) in [5.41, 5.74) is 0. The predicted octanol–water partition coefficient (Wildman–Crippen LogP) is -1.92. The van der Waals surface area contributed by atoms with Gasteiger partial charge in [-0.05, 0) is 12.1 Å². The first-order valence-corrected chi connectivity index (χ1v) is 6.78. The standard InChI is InChI=1S/C13H18N4O4/c1-14-13(20)15-11(18)9-16-4-6-17(7-5-16)12(19)10-3-2-8-21-10/h2-3,8H,4-7,9H2,1H3,(H2,14,15,18,20)/p+1. The van der Waals surface area contributed by atoms with Crippen LogP contribution in [0.2, 0.25) is 0 Å². The van der Waals surface area contributed by atoms with Crippen molar-refractivity contribution in [1.82, 2.24) is 15.5 Å². The molecule has 1 aromatic rings. The summed E-state index contributed by atoms with van der Waals surface area (Å²) in [6.07, 6.45) is 1.47. The fraction of sp³-hybridized carbons (Fsp3) is 0.462. The van der Waals surface area contributed by atoms with Crippen molar-refractivity contribution in [2.75, 3.05) is 39.8 Å². The Labute approximate surface area is 122 Å². The van der Waals surface area contributed by atoms with Crippen LogP contribution in [0.4, 0.5) is 4.79 Å². The van der Waals surface area contributed by atoms with E-state index in [0.717, 1.165) is 4.90 Å². The average Bonchev–Trinajstić information content (AvgIpc) is 3.01. The highest BCUT2D eigenvalue weighted by atomic mass is 16.3. The Morgan fingerprint density at radius 2 is 2.05 bits per heavy atom. The summed E-state index contributed by atoms with van der Waals surface area (Å²) in [7, 11) is 1.45. The molecule has 1 saturated heterocycles. The van der Waals surface area contributed by atoms with Crippen molar-refractivity contribution in [2.24, 2.45) is 0 Å². The van der Waals surface area contributed by atoms with Gasteiger partial charge < -0.3 is 19.5 Å². The summed E-state index contributed by atoms with van der Waals surface area (Å²) in [6, 6.07) is 2.81. The Morgan fingerprint density at radius 3 is 2.62 bits per heavy atom. The van der Waals surface area contributed by atoms with E-state index >= 15 is 0 Å². The van der Waals surface area contributed by atoms with Crippen LogP contribution < -0.4 is 15.5 Å². The van der Waals surface area contributed by atoms with Crippen molar-refractivity contribution in [3.63, 3.8) is 0 Å². The maximum atomic E-state index is 12.1. The van der Waals surface area contributed by atoms with Crippen molar-refractivity contribution in [3.8, 4) is 0 Å². The summed E-state index contributed by atoms with van der Waals surface area (Å²) in [5, 5.41) is 4.56. The molecule has 0 radical (unpaired) electrons. The number of amides is 4. The first-order valence-electron chi connectivity index (χ1n) is 6.78. The van der Waals surface area contributed by atoms with E-state index in [9.17, 15) is 14.4 Å². The molecule has 0 saturated carbocycles. The van der Waals surface area contributed by atoms with Crippen LogP contribution in [-0.4, -0.2) is 62.5 Å². The van der Waals surface area contributed by atoms with Crippen LogP contribution in [0, 0.1) is 0 Å². The molecule has 1 fully saturated rings. The monoisotopic (exact) mass is 295 g/mol. The van der Waals surface area contributed by atoms with Gasteiger partial charge in [0, 0.05) is 7.05 Å². The van der Waals surface area contributed by atoms with Gasteiger partial charge in [-0.15, -0.1) is 0 Å². The second kappa shape index (κ2) is 6.89. The van der Waals surface area contributed by atoms with Crippen LogP contribution in [0.25, 0.3) is 0 Å². The van der Waals surface area contributed by atoms with E-state index < -0.39 is 6.03 Å². The Morgan fingerprint density at radius 1 is 1.33 bits per heavy atom. The molecule has 8 heteroatoms. The number of carbonyl (C=O) groups is 3. The number of furan rings is 1. The van der Waals surface area contributed by atoms with Crippen LogP contribution in [0.1, 0.15) is 10.6 Å². The third-order valence-corrected chi connectivity index (χ3v) is 3.38. The van der Waals surface area contributed by atoms with Crippen LogP contribution in [0.15, 0.2) is 22.8 Å². The van der Waals surface area contributed by atoms with E-state index in [1.807, 2.05) is 0 Å². The van der Waals surface area contributed by atoms with E-state index in [2.05, 4.69) is 10.6 Å². The molecule has 1 aliphatic rings. The molecule has 0 bridgehead atoms. The third kappa shape index (κ3) is 4.06. The number of hydrogen-bond donors (Lipinski definition) is 3. The molecule has 2 rings (SSSR count). The van der Waals surface area contributed by atoms with E-state index in [0.29, 0.717) is 31.9 Å². The molecule has 0 atom stereocenters. The highest BCUT2D eigenvalue weighted by Crippen LogP contribution is 2.05. The van der Waals surface area contributed by atoms with Gasteiger partial charge in [0.25, 0.3) is 11.8 Å². The third-order valence-electron chi connectivity index (χ3n) is 3.38. The van der Waals surface area contributed by atoms with Gasteiger partial charge in [0.15, 0.2) is 12.3 Å². The zero-order valence-electron chi connectivity index (χ0n) is 11.8. The first kappa shape index (κ1) is 15.0. The minimum Gasteiger partial charge on any atom is -0.459 e. The van der Waals surface area contributed by atoms with Crippen LogP contribution in [0.5, 0.6) is 0 Å². The highest BCUT2D eigenvalue weighted by molar-refractivity contribution is 5.94. The summed E-state index contributed by atoms with van der Waals surface area (Å²) in [6.45, 7) is 2.65. The average molecular weight is 295 g/mol. The number of urea groups is 1. The van der Waals surface area contributed by atoms with E-state index in [1.165, 1.54) is 13.3 Å². The van der Waals surface area contributed by atoms with Crippen molar-refractivity contribution in [2.45, 2.75) is 0 Å². The van der Waals surface area contributed by atoms with Gasteiger partial charge in [-0.2, -0.15) is 0 Å². The van der Waals surface area contributed by atoms with Crippen LogP contribution >= 0.6 is 0 Å². The maximum absolute atomic E-state index is 12.1. The van der Waals surface area contributed by atoms with Gasteiger partial charge in [-0.1, -0.05) is 0 Å². The molecule has 0 aromatic carbocycles. The van der Waals surface area contributed by atoms with Crippen LogP contribution in [0.3, 0.4) is 0 Å². The van der Waals surface area contributed by atoms with Gasteiger partial charge in [0.1, 0.15) is 0 Å². The molecule has 0 unspecified atom stereocenters. The number of nitrogens with zero attached hydrogens (tertiary/aromatic N) is 1. The molecule has 1 aliphatic heterocycles. The van der Waals surface area contributed by atoms with Crippen molar-refractivity contribution >= 4 is 17.8 Å². The van der Waals surface area contributed by atoms with Crippen molar-refractivity contribution in [3.05, 3.63) is 24.2 Å². The topological polar surface area (TPSA) is 96.1 Å². The second-order valence-corrected chi connectivity index (χ2v) is 4.82. The molecule has 2 heterocycles. The number of hydrogen-bond acceptors (Lipinski definition) is 4. The first-order chi connectivity index (χ1) is 10.1. The number of piperazine rings is 1. The molecule has 4 amide bonds. The lowest BCUT2D eigenvalue weighted by atomic mass is 10.3. The number of rotatable bonds is 3. The molecule has 114 valence electrons. The minimum atomic E-state index is -0.508. The molecular formula is C13H19N4O4+. The minimum absolute atomic E-state index is 0.131. The smallest absolute Gasteiger partial charge is 0.321 e. The lowest BCUT2D eigenvalue weighted by Gasteiger charge is -2.31. The van der Waals surface area contributed by atoms with E-state index in [1.54, 1.807) is 17.0 Å². The molecule has 21 heavy (non-hydrogen) atoms. The lowest BCUT2D eigenvalue weighted by Crippen LogP contribution is -3.15. The molecule has 1 aromatic heterocycles. The predicted molar refractivity (Wildman–Crippen MR) is 72.8 cm³/mol. The van der Waals surface area contributed by atoms with Crippen molar-refractivity contribution < 1.29 is 23.7 Å². The Kier molecular flexibility index (Phi) is 4.94. The molecule has 8 nitrogen and oxygen atoms in total. The van der Waals surface area contributed by atoms with Gasteiger partial charge >= 0.3 is 6.03 Å². The largest absolute Gasteiger partial charge is 0.459 e. The Bertz CT molecular complexity index is 506. The number of quaternary nitrogens is 1. The zero-order chi connectivity index (χ0) is 15.2. The Hall–Kier alpha value is -2.35. The summed E-state index contributed by atoms with van der Waals surface area (Å²) < 4.78 is 5.09. The fourth-order valence-electron chi connectivity index (χ4n) is 2.22. The SMILES string of the molecule is CNC(=O)NC(=O)C[NH+]1CCN(C(=O)c2ccco2)CC1. The van der Waals surface area contributed by atoms with Gasteiger partial charge in [0.2, 0.25) is 0 Å². The number of nitrogens with one attached hydrogen (secondary N) is 3. The van der Waals surface area contributed by atoms with E-state index in [-0.39, 0.29) is 18.4 Å². The highest BCUT2D eigenvalue weighted by Gasteiger charge is 2.27. The normalized spacial score (nSPS) is 15.6. The van der Waals surface area contributed by atoms with Crippen molar-refractivity contribution in [1.29, 1.82) is 0 Å². The summed E-state index contributed by atoms with van der Waals surface area (Å²) in [5.74, 6) is -0.125. The van der Waals surface area contributed by atoms with Gasteiger partial charge in [0.05, 0.1) is 32.4 Å².